The van der Waals surface area contributed by atoms with Crippen molar-refractivity contribution in [3.8, 4) is 0 Å². The topological polar surface area (TPSA) is 3.24 Å². The summed E-state index contributed by atoms with van der Waals surface area (Å²) in [5.41, 5.74) is 0. The fourth-order valence-electron chi connectivity index (χ4n) is 1.02. The van der Waals surface area contributed by atoms with E-state index in [0.717, 1.165) is 0 Å². The van der Waals surface area contributed by atoms with Gasteiger partial charge in [0.1, 0.15) is 0 Å². The molecule has 0 aliphatic heterocycles. The average molecular weight is 171 g/mol. The molecule has 0 aromatic rings. The molecule has 11 heavy (non-hydrogen) atoms. The molecule has 0 aromatic heterocycles. The highest BCUT2D eigenvalue weighted by Gasteiger charge is 2.17. The number of hydrogen-bond donors (Lipinski definition) is 0. The Bertz CT molecular complexity index is 119. The first-order valence-corrected chi connectivity index (χ1v) is 7.65. The summed E-state index contributed by atoms with van der Waals surface area (Å²) in [4.78, 5) is 2.26. The molecule has 0 aliphatic rings. The monoisotopic (exact) mass is 171 g/mol. The third kappa shape index (κ3) is 6.32. The minimum atomic E-state index is -0.926. The Morgan fingerprint density at radius 1 is 1.36 bits per heavy atom. The maximum atomic E-state index is 3.79. The molecule has 0 saturated carbocycles. The van der Waals surface area contributed by atoms with Crippen LogP contribution in [0.4, 0.5) is 0 Å². The smallest absolute Gasteiger partial charge is 0.0523 e. The molecular formula is C9H21NSi. The predicted octanol–water partition coefficient (Wildman–Crippen LogP) is 2.44. The van der Waals surface area contributed by atoms with E-state index < -0.39 is 8.07 Å². The lowest BCUT2D eigenvalue weighted by molar-refractivity contribution is 0.431. The largest absolute Gasteiger partial charge is 0.310 e. The summed E-state index contributed by atoms with van der Waals surface area (Å²) in [5.74, 6) is 0. The standard InChI is InChI=1S/C9H21NSi/c1-6-8-11(4,5)9-7-10(2)3/h6H,1,7-9H2,2-5H3. The van der Waals surface area contributed by atoms with Crippen LogP contribution in [0.1, 0.15) is 0 Å². The zero-order valence-electron chi connectivity index (χ0n) is 8.35. The summed E-state index contributed by atoms with van der Waals surface area (Å²) in [6.45, 7) is 9.88. The second-order valence-electron chi connectivity index (χ2n) is 4.21. The molecule has 0 radical (unpaired) electrons. The van der Waals surface area contributed by atoms with Crippen molar-refractivity contribution >= 4 is 8.07 Å². The van der Waals surface area contributed by atoms with Crippen LogP contribution < -0.4 is 0 Å². The summed E-state index contributed by atoms with van der Waals surface area (Å²) in [6.07, 6.45) is 2.07. The first kappa shape index (κ1) is 10.9. The van der Waals surface area contributed by atoms with Crippen LogP contribution in [0.2, 0.25) is 25.2 Å². The van der Waals surface area contributed by atoms with Crippen LogP contribution in [-0.2, 0) is 0 Å². The second-order valence-corrected chi connectivity index (χ2v) is 9.45. The van der Waals surface area contributed by atoms with Gasteiger partial charge in [0.05, 0.1) is 8.07 Å². The molecule has 0 heterocycles. The first-order valence-electron chi connectivity index (χ1n) is 4.23. The fourth-order valence-corrected chi connectivity index (χ4v) is 3.06. The van der Waals surface area contributed by atoms with Crippen LogP contribution in [0.3, 0.4) is 0 Å². The molecule has 0 atom stereocenters. The second kappa shape index (κ2) is 4.73. The maximum absolute atomic E-state index is 3.79. The van der Waals surface area contributed by atoms with Crippen molar-refractivity contribution < 1.29 is 0 Å². The van der Waals surface area contributed by atoms with Crippen molar-refractivity contribution in [2.75, 3.05) is 20.6 Å². The van der Waals surface area contributed by atoms with Gasteiger partial charge >= 0.3 is 0 Å². The van der Waals surface area contributed by atoms with Crippen LogP contribution in [-0.4, -0.2) is 33.6 Å². The van der Waals surface area contributed by atoms with Gasteiger partial charge in [0.2, 0.25) is 0 Å². The van der Waals surface area contributed by atoms with E-state index in [4.69, 9.17) is 0 Å². The number of nitrogens with zero attached hydrogens (tertiary/aromatic N) is 1. The predicted molar refractivity (Wildman–Crippen MR) is 55.8 cm³/mol. The molecule has 66 valence electrons. The van der Waals surface area contributed by atoms with Gasteiger partial charge in [-0.05, 0) is 32.7 Å². The Morgan fingerprint density at radius 2 is 1.91 bits per heavy atom. The van der Waals surface area contributed by atoms with E-state index in [1.807, 2.05) is 0 Å². The fraction of sp³-hybridized carbons (Fsp3) is 0.778. The van der Waals surface area contributed by atoms with E-state index in [0.29, 0.717) is 0 Å². The molecule has 0 bridgehead atoms. The van der Waals surface area contributed by atoms with Gasteiger partial charge in [-0.2, -0.15) is 0 Å². The summed E-state index contributed by atoms with van der Waals surface area (Å²) in [6, 6.07) is 2.63. The zero-order chi connectivity index (χ0) is 8.91. The van der Waals surface area contributed by atoms with Gasteiger partial charge in [-0.1, -0.05) is 19.2 Å². The molecule has 0 N–H and O–H groups in total. The lowest BCUT2D eigenvalue weighted by Gasteiger charge is -2.22. The van der Waals surface area contributed by atoms with Crippen LogP contribution >= 0.6 is 0 Å². The Hall–Kier alpha value is -0.0831. The summed E-state index contributed by atoms with van der Waals surface area (Å²) in [7, 11) is 3.35. The third-order valence-corrected chi connectivity index (χ3v) is 4.90. The Kier molecular flexibility index (Phi) is 4.69. The number of allylic oxidation sites excluding steroid dienone is 1. The molecule has 0 fully saturated rings. The lowest BCUT2D eigenvalue weighted by atomic mass is 10.7. The van der Waals surface area contributed by atoms with Crippen LogP contribution in [0, 0.1) is 0 Å². The highest BCUT2D eigenvalue weighted by molar-refractivity contribution is 6.77. The van der Waals surface area contributed by atoms with Crippen molar-refractivity contribution in [3.63, 3.8) is 0 Å². The summed E-state index contributed by atoms with van der Waals surface area (Å²) < 4.78 is 0. The molecule has 0 aromatic carbocycles. The van der Waals surface area contributed by atoms with E-state index >= 15 is 0 Å². The number of hydrogen-bond acceptors (Lipinski definition) is 1. The van der Waals surface area contributed by atoms with Crippen LogP contribution in [0.25, 0.3) is 0 Å². The SMILES string of the molecule is C=CC[Si](C)(C)CCN(C)C. The Morgan fingerprint density at radius 3 is 2.27 bits per heavy atom. The van der Waals surface area contributed by atoms with E-state index in [-0.39, 0.29) is 0 Å². The van der Waals surface area contributed by atoms with Gasteiger partial charge in [-0.25, -0.2) is 0 Å². The van der Waals surface area contributed by atoms with Crippen molar-refractivity contribution in [3.05, 3.63) is 12.7 Å². The average Bonchev–Trinajstić information content (AvgIpc) is 1.84. The van der Waals surface area contributed by atoms with Crippen molar-refractivity contribution in [2.24, 2.45) is 0 Å². The zero-order valence-corrected chi connectivity index (χ0v) is 9.35. The number of rotatable bonds is 5. The minimum Gasteiger partial charge on any atom is -0.310 e. The van der Waals surface area contributed by atoms with Crippen LogP contribution in [0.5, 0.6) is 0 Å². The summed E-state index contributed by atoms with van der Waals surface area (Å²) in [5, 5.41) is 0. The minimum absolute atomic E-state index is 0.926. The van der Waals surface area contributed by atoms with E-state index in [2.05, 4.69) is 44.7 Å². The molecular weight excluding hydrogens is 150 g/mol. The van der Waals surface area contributed by atoms with Gasteiger partial charge in [0.25, 0.3) is 0 Å². The van der Waals surface area contributed by atoms with E-state index in [9.17, 15) is 0 Å². The van der Waals surface area contributed by atoms with Crippen molar-refractivity contribution in [2.45, 2.75) is 25.2 Å². The molecule has 2 heteroatoms. The molecule has 0 rings (SSSR count). The quantitative estimate of drug-likeness (QED) is 0.454. The van der Waals surface area contributed by atoms with Crippen LogP contribution in [0.15, 0.2) is 12.7 Å². The molecule has 0 amide bonds. The Balaban J connectivity index is 3.62. The maximum Gasteiger partial charge on any atom is 0.0523 e. The van der Waals surface area contributed by atoms with Gasteiger partial charge < -0.3 is 4.90 Å². The van der Waals surface area contributed by atoms with Gasteiger partial charge in [0, 0.05) is 0 Å². The molecule has 0 unspecified atom stereocenters. The van der Waals surface area contributed by atoms with E-state index in [1.165, 1.54) is 18.6 Å². The molecule has 1 nitrogen and oxygen atoms in total. The van der Waals surface area contributed by atoms with Gasteiger partial charge in [0.15, 0.2) is 0 Å². The van der Waals surface area contributed by atoms with E-state index in [1.54, 1.807) is 0 Å². The third-order valence-electron chi connectivity index (χ3n) is 1.93. The molecule has 0 spiro atoms. The van der Waals surface area contributed by atoms with Gasteiger partial charge in [-0.15, -0.1) is 6.58 Å². The molecule has 0 saturated heterocycles. The first-order chi connectivity index (χ1) is 4.98. The summed E-state index contributed by atoms with van der Waals surface area (Å²) >= 11 is 0. The van der Waals surface area contributed by atoms with Crippen molar-refractivity contribution in [1.82, 2.24) is 4.90 Å². The highest BCUT2D eigenvalue weighted by atomic mass is 28.3. The normalized spacial score (nSPS) is 12.1. The Labute approximate surface area is 72.1 Å². The van der Waals surface area contributed by atoms with Crippen molar-refractivity contribution in [1.29, 1.82) is 0 Å². The van der Waals surface area contributed by atoms with Gasteiger partial charge in [-0.3, -0.25) is 0 Å². The lowest BCUT2D eigenvalue weighted by Crippen LogP contribution is -2.29. The highest BCUT2D eigenvalue weighted by Crippen LogP contribution is 2.15. The molecule has 0 aliphatic carbocycles.